The van der Waals surface area contributed by atoms with E-state index in [-0.39, 0.29) is 23.2 Å². The van der Waals surface area contributed by atoms with Crippen molar-refractivity contribution >= 4 is 12.6 Å². The van der Waals surface area contributed by atoms with Crippen LogP contribution in [0.2, 0.25) is 0 Å². The fraction of sp³-hybridized carbons (Fsp3) is 0.484. The Hall–Kier alpha value is -2.82. The van der Waals surface area contributed by atoms with Crippen LogP contribution in [0.5, 0.6) is 0 Å². The van der Waals surface area contributed by atoms with Crippen molar-refractivity contribution in [3.05, 3.63) is 83.4 Å². The lowest BCUT2D eigenvalue weighted by Gasteiger charge is -2.27. The van der Waals surface area contributed by atoms with Crippen LogP contribution in [0.3, 0.4) is 0 Å². The minimum absolute atomic E-state index is 0.0785. The maximum absolute atomic E-state index is 13.6. The van der Waals surface area contributed by atoms with Gasteiger partial charge >= 0.3 is 0 Å². The van der Waals surface area contributed by atoms with Crippen LogP contribution in [0, 0.1) is 11.6 Å². The summed E-state index contributed by atoms with van der Waals surface area (Å²) >= 11 is 0. The van der Waals surface area contributed by atoms with Crippen molar-refractivity contribution in [2.45, 2.75) is 82.2 Å². The maximum atomic E-state index is 13.6. The molecule has 2 aromatic rings. The number of allylic oxidation sites excluding steroid dienone is 1. The smallest absolute Gasteiger partial charge is 0.234 e. The molecule has 192 valence electrons. The molecule has 4 rings (SSSR count). The predicted molar refractivity (Wildman–Crippen MR) is 145 cm³/mol. The molecule has 2 aliphatic rings. The zero-order valence-corrected chi connectivity index (χ0v) is 21.3. The van der Waals surface area contributed by atoms with Crippen molar-refractivity contribution in [3.63, 3.8) is 0 Å². The van der Waals surface area contributed by atoms with E-state index < -0.39 is 0 Å². The molecular formula is C31H40F2N3+. The predicted octanol–water partition coefficient (Wildman–Crippen LogP) is 7.37. The van der Waals surface area contributed by atoms with E-state index in [9.17, 15) is 8.78 Å². The van der Waals surface area contributed by atoms with Gasteiger partial charge in [-0.05, 0) is 86.1 Å². The summed E-state index contributed by atoms with van der Waals surface area (Å²) in [5.41, 5.74) is 1.74. The summed E-state index contributed by atoms with van der Waals surface area (Å²) in [6.45, 7) is 1.98. The topological polar surface area (TPSA) is 27.4 Å². The zero-order valence-electron chi connectivity index (χ0n) is 21.3. The number of benzene rings is 2. The van der Waals surface area contributed by atoms with Gasteiger partial charge in [0.15, 0.2) is 0 Å². The highest BCUT2D eigenvalue weighted by atomic mass is 19.1. The van der Waals surface area contributed by atoms with Crippen LogP contribution in [-0.2, 0) is 0 Å². The first-order valence-electron chi connectivity index (χ1n) is 13.7. The third kappa shape index (κ3) is 7.35. The van der Waals surface area contributed by atoms with Crippen LogP contribution >= 0.6 is 0 Å². The highest BCUT2D eigenvalue weighted by molar-refractivity contribution is 5.74. The molecule has 5 heteroatoms. The van der Waals surface area contributed by atoms with Gasteiger partial charge in [0, 0.05) is 18.6 Å². The van der Waals surface area contributed by atoms with E-state index in [1.807, 2.05) is 30.5 Å². The lowest BCUT2D eigenvalue weighted by molar-refractivity contribution is -0.593. The van der Waals surface area contributed by atoms with Gasteiger partial charge in [-0.15, -0.1) is 0 Å². The van der Waals surface area contributed by atoms with Gasteiger partial charge in [-0.25, -0.2) is 18.3 Å². The Bertz CT molecular complexity index is 967. The molecule has 0 spiro atoms. The van der Waals surface area contributed by atoms with E-state index in [2.05, 4.69) is 28.4 Å². The fourth-order valence-electron chi connectivity index (χ4n) is 5.47. The van der Waals surface area contributed by atoms with Crippen molar-refractivity contribution in [1.29, 1.82) is 0 Å². The molecule has 1 N–H and O–H groups in total. The van der Waals surface area contributed by atoms with Crippen molar-refractivity contribution in [1.82, 2.24) is 5.32 Å². The first-order chi connectivity index (χ1) is 17.7. The molecular weight excluding hydrogens is 452 g/mol. The highest BCUT2D eigenvalue weighted by Crippen LogP contribution is 2.33. The number of hydrogen-bond acceptors (Lipinski definition) is 2. The van der Waals surface area contributed by atoms with E-state index >= 15 is 0 Å². The number of hydrogen-bond donors (Lipinski definition) is 1. The normalized spacial score (nSPS) is 21.4. The average molecular weight is 493 g/mol. The Morgan fingerprint density at radius 2 is 1.39 bits per heavy atom. The van der Waals surface area contributed by atoms with Gasteiger partial charge in [0.1, 0.15) is 11.6 Å². The molecule has 2 aliphatic heterocycles. The van der Waals surface area contributed by atoms with E-state index in [0.717, 1.165) is 49.9 Å². The van der Waals surface area contributed by atoms with Gasteiger partial charge in [-0.1, -0.05) is 49.9 Å². The number of rotatable bonds is 7. The van der Waals surface area contributed by atoms with Crippen LogP contribution < -0.4 is 5.32 Å². The zero-order chi connectivity index (χ0) is 25.1. The molecule has 0 aromatic heterocycles. The molecule has 0 aliphatic carbocycles. The molecule has 1 unspecified atom stereocenters. The Balaban J connectivity index is 1.48. The Morgan fingerprint density at radius 3 is 1.97 bits per heavy atom. The molecule has 36 heavy (non-hydrogen) atoms. The van der Waals surface area contributed by atoms with Gasteiger partial charge < -0.3 is 0 Å². The van der Waals surface area contributed by atoms with Gasteiger partial charge in [0.25, 0.3) is 0 Å². The molecule has 0 bridgehead atoms. The van der Waals surface area contributed by atoms with Gasteiger partial charge in [-0.2, -0.15) is 0 Å². The van der Waals surface area contributed by atoms with Crippen molar-refractivity contribution in [3.8, 4) is 0 Å². The van der Waals surface area contributed by atoms with Crippen LogP contribution in [0.15, 0.2) is 65.7 Å². The second-order valence-corrected chi connectivity index (χ2v) is 10.2. The first-order valence-corrected chi connectivity index (χ1v) is 13.7. The first kappa shape index (κ1) is 26.2. The van der Waals surface area contributed by atoms with Gasteiger partial charge in [-0.3, -0.25) is 5.32 Å². The number of nitrogens with one attached hydrogen (secondary N) is 1. The Kier molecular flexibility index (Phi) is 9.83. The molecule has 1 atom stereocenters. The minimum atomic E-state index is -0.372. The lowest BCUT2D eigenvalue weighted by atomic mass is 9.86. The summed E-state index contributed by atoms with van der Waals surface area (Å²) < 4.78 is 29.6. The van der Waals surface area contributed by atoms with Crippen molar-refractivity contribution < 1.29 is 13.4 Å². The quantitative estimate of drug-likeness (QED) is 0.402. The van der Waals surface area contributed by atoms with Crippen LogP contribution in [0.4, 0.5) is 8.78 Å². The van der Waals surface area contributed by atoms with Gasteiger partial charge in [0.2, 0.25) is 12.0 Å². The van der Waals surface area contributed by atoms with Crippen molar-refractivity contribution in [2.75, 3.05) is 13.1 Å². The summed E-state index contributed by atoms with van der Waals surface area (Å²) in [5, 5.41) is 3.56. The minimum Gasteiger partial charge on any atom is -0.281 e. The third-order valence-electron chi connectivity index (χ3n) is 7.54. The van der Waals surface area contributed by atoms with E-state index in [4.69, 9.17) is 4.99 Å². The molecule has 3 nitrogen and oxygen atoms in total. The average Bonchev–Trinajstić information content (AvgIpc) is 3.37. The molecule has 0 amide bonds. The van der Waals surface area contributed by atoms with Crippen LogP contribution in [0.1, 0.15) is 87.7 Å². The summed E-state index contributed by atoms with van der Waals surface area (Å²) in [5.74, 6) is -0.403. The summed E-state index contributed by atoms with van der Waals surface area (Å²) in [6.07, 6.45) is 21.3. The van der Waals surface area contributed by atoms with Crippen LogP contribution in [0.25, 0.3) is 0 Å². The largest absolute Gasteiger partial charge is 0.281 e. The SMILES string of the molecule is Fc1ccc(C(CCCC2([N+]3=CNCCCCCCCCCC3)C=CC=N2)c2ccc(F)cc2)cc1. The molecule has 0 saturated heterocycles. The fourth-order valence-corrected chi connectivity index (χ4v) is 5.47. The molecule has 0 radical (unpaired) electrons. The van der Waals surface area contributed by atoms with E-state index in [0.29, 0.717) is 0 Å². The molecule has 2 aromatic carbocycles. The third-order valence-corrected chi connectivity index (χ3v) is 7.54. The summed E-state index contributed by atoms with van der Waals surface area (Å²) in [7, 11) is 0. The molecule has 2 heterocycles. The number of nitrogens with zero attached hydrogens (tertiary/aromatic N) is 2. The highest BCUT2D eigenvalue weighted by Gasteiger charge is 2.35. The standard InChI is InChI=1S/C31H39F2N3/c32-28-16-12-26(13-17-28)30(27-14-18-29(33)19-15-27)11-9-20-31(21-10-23-35-31)36-24-8-6-4-2-1-3-5-7-22-34-25-36/h10,12-19,21,23,25,30H,1-9,11,20,22,24H2/p+1. The monoisotopic (exact) mass is 492 g/mol. The number of aliphatic imine (C=N–C) groups is 1. The van der Waals surface area contributed by atoms with Gasteiger partial charge in [0.05, 0.1) is 13.1 Å². The Morgan fingerprint density at radius 1 is 0.806 bits per heavy atom. The summed E-state index contributed by atoms with van der Waals surface area (Å²) in [4.78, 5) is 4.96. The lowest BCUT2D eigenvalue weighted by Crippen LogP contribution is -2.42. The maximum Gasteiger partial charge on any atom is 0.234 e. The van der Waals surface area contributed by atoms with Crippen molar-refractivity contribution in [2.24, 2.45) is 4.99 Å². The number of halogens is 2. The second kappa shape index (κ2) is 13.5. The van der Waals surface area contributed by atoms with E-state index in [1.54, 1.807) is 0 Å². The Labute approximate surface area is 215 Å². The van der Waals surface area contributed by atoms with E-state index in [1.165, 1.54) is 69.2 Å². The van der Waals surface area contributed by atoms with Crippen LogP contribution in [-0.4, -0.2) is 35.9 Å². The molecule has 0 fully saturated rings. The second-order valence-electron chi connectivity index (χ2n) is 10.2. The molecule has 0 saturated carbocycles. The summed E-state index contributed by atoms with van der Waals surface area (Å²) in [6, 6.07) is 13.4.